The van der Waals surface area contributed by atoms with Crippen LogP contribution in [0.2, 0.25) is 0 Å². The number of H-pyrrole nitrogens is 1. The van der Waals surface area contributed by atoms with Gasteiger partial charge in [-0.2, -0.15) is 0 Å². The number of hydrogen-bond donors (Lipinski definition) is 3. The van der Waals surface area contributed by atoms with Crippen molar-refractivity contribution in [2.75, 3.05) is 6.61 Å². The molecule has 120 valence electrons. The molecule has 3 N–H and O–H groups in total. The minimum Gasteiger partial charge on any atom is -0.349 e. The summed E-state index contributed by atoms with van der Waals surface area (Å²) < 4.78 is 35.7. The van der Waals surface area contributed by atoms with Gasteiger partial charge in [0.1, 0.15) is 6.17 Å². The van der Waals surface area contributed by atoms with Crippen LogP contribution >= 0.6 is 7.82 Å². The van der Waals surface area contributed by atoms with E-state index >= 15 is 0 Å². The number of rotatable bonds is 4. The molecular formula is C10H12FN4O6P. The minimum absolute atomic E-state index is 0.0493. The number of aromatic nitrogens is 4. The Morgan fingerprint density at radius 2 is 2.32 bits per heavy atom. The molecule has 12 heteroatoms. The van der Waals surface area contributed by atoms with Crippen LogP contribution in [0.25, 0.3) is 11.2 Å². The summed E-state index contributed by atoms with van der Waals surface area (Å²) in [6.07, 6.45) is -1.08. The number of fused-ring (bicyclic) bond motifs is 1. The van der Waals surface area contributed by atoms with E-state index in [4.69, 9.17) is 14.5 Å². The van der Waals surface area contributed by atoms with Crippen LogP contribution in [-0.4, -0.2) is 48.2 Å². The van der Waals surface area contributed by atoms with Crippen molar-refractivity contribution >= 4 is 19.0 Å². The highest BCUT2D eigenvalue weighted by Crippen LogP contribution is 2.39. The Bertz CT molecular complexity index is 787. The van der Waals surface area contributed by atoms with Crippen molar-refractivity contribution in [2.45, 2.75) is 24.9 Å². The molecule has 1 aliphatic heterocycles. The third-order valence-electron chi connectivity index (χ3n) is 3.20. The third-order valence-corrected chi connectivity index (χ3v) is 3.68. The van der Waals surface area contributed by atoms with E-state index in [0.717, 1.165) is 0 Å². The second-order valence-corrected chi connectivity index (χ2v) is 5.98. The molecule has 1 fully saturated rings. The Hall–Kier alpha value is -1.65. The molecule has 0 saturated carbocycles. The Morgan fingerprint density at radius 3 is 3.05 bits per heavy atom. The zero-order valence-corrected chi connectivity index (χ0v) is 11.9. The number of nitrogens with zero attached hydrogens (tertiary/aromatic N) is 3. The summed E-state index contributed by atoms with van der Waals surface area (Å²) in [6, 6.07) is 0. The van der Waals surface area contributed by atoms with Crippen LogP contribution in [0.5, 0.6) is 0 Å². The van der Waals surface area contributed by atoms with Crippen molar-refractivity contribution in [3.63, 3.8) is 0 Å². The smallest absolute Gasteiger partial charge is 0.349 e. The van der Waals surface area contributed by atoms with E-state index in [-0.39, 0.29) is 17.6 Å². The number of phosphoric acid groups is 1. The topological polar surface area (TPSA) is 140 Å². The summed E-state index contributed by atoms with van der Waals surface area (Å²) in [6.45, 7) is -0.443. The average Bonchev–Trinajstić information content (AvgIpc) is 3.00. The number of halogens is 1. The van der Waals surface area contributed by atoms with Crippen LogP contribution in [0.15, 0.2) is 17.4 Å². The Balaban J connectivity index is 1.81. The second-order valence-electron chi connectivity index (χ2n) is 4.74. The number of alkyl halides is 1. The highest BCUT2D eigenvalue weighted by atomic mass is 31.2. The van der Waals surface area contributed by atoms with Crippen molar-refractivity contribution in [3.05, 3.63) is 23.0 Å². The van der Waals surface area contributed by atoms with Gasteiger partial charge in [-0.3, -0.25) is 13.9 Å². The summed E-state index contributed by atoms with van der Waals surface area (Å²) >= 11 is 0. The molecule has 0 spiro atoms. The van der Waals surface area contributed by atoms with E-state index in [9.17, 15) is 13.8 Å². The lowest BCUT2D eigenvalue weighted by Gasteiger charge is -2.16. The first-order chi connectivity index (χ1) is 10.3. The maximum absolute atomic E-state index is 14.1. The van der Waals surface area contributed by atoms with Gasteiger partial charge in [-0.1, -0.05) is 0 Å². The van der Waals surface area contributed by atoms with Crippen molar-refractivity contribution in [3.8, 4) is 0 Å². The Morgan fingerprint density at radius 1 is 1.55 bits per heavy atom. The number of hydrogen-bond acceptors (Lipinski definition) is 6. The van der Waals surface area contributed by atoms with Gasteiger partial charge in [0.15, 0.2) is 17.4 Å². The maximum Gasteiger partial charge on any atom is 0.469 e. The molecule has 0 aliphatic carbocycles. The zero-order valence-electron chi connectivity index (χ0n) is 11.0. The van der Waals surface area contributed by atoms with E-state index in [2.05, 4.69) is 19.5 Å². The minimum atomic E-state index is -4.64. The normalized spacial score (nSPS) is 25.9. The van der Waals surface area contributed by atoms with Crippen molar-refractivity contribution in [2.24, 2.45) is 0 Å². The summed E-state index contributed by atoms with van der Waals surface area (Å²) in [5.41, 5.74) is -0.250. The molecule has 3 heterocycles. The lowest BCUT2D eigenvalue weighted by molar-refractivity contribution is -0.0347. The van der Waals surface area contributed by atoms with Gasteiger partial charge in [0.25, 0.3) is 5.56 Å². The summed E-state index contributed by atoms with van der Waals surface area (Å²) in [4.78, 5) is 39.0. The fourth-order valence-electron chi connectivity index (χ4n) is 2.28. The fraction of sp³-hybridized carbons (Fsp3) is 0.500. The fourth-order valence-corrected chi connectivity index (χ4v) is 2.64. The van der Waals surface area contributed by atoms with Gasteiger partial charge < -0.3 is 19.5 Å². The number of phosphoric ester groups is 1. The first-order valence-corrected chi connectivity index (χ1v) is 7.78. The standard InChI is InChI=1S/C10H12FN4O6P/c11-6-1-5(2-20-22(17,18)19)21-10(6)15-4-14-7-8(15)12-3-13-9(7)16/h3-6,10H,1-2H2,(H,12,13,16)(H2,17,18,19)/t5-,6+,10+/m0/s1. The summed E-state index contributed by atoms with van der Waals surface area (Å²) in [7, 11) is -4.64. The highest BCUT2D eigenvalue weighted by Gasteiger charge is 2.38. The van der Waals surface area contributed by atoms with Gasteiger partial charge in [0, 0.05) is 6.42 Å². The quantitative estimate of drug-likeness (QED) is 0.656. The molecule has 0 amide bonds. The summed E-state index contributed by atoms with van der Waals surface area (Å²) in [5, 5.41) is 0. The average molecular weight is 334 g/mol. The molecule has 10 nitrogen and oxygen atoms in total. The van der Waals surface area contributed by atoms with Crippen LogP contribution in [0.4, 0.5) is 4.39 Å². The molecule has 1 saturated heterocycles. The van der Waals surface area contributed by atoms with Crippen molar-refractivity contribution in [1.82, 2.24) is 19.5 Å². The number of ether oxygens (including phenoxy) is 1. The van der Waals surface area contributed by atoms with Gasteiger partial charge in [-0.25, -0.2) is 18.9 Å². The SMILES string of the molecule is O=c1[nH]cnc2c1ncn2[C@@H]1O[C@H](COP(=O)(O)O)C[C@H]1F. The second kappa shape index (κ2) is 5.52. The first-order valence-electron chi connectivity index (χ1n) is 6.25. The van der Waals surface area contributed by atoms with Crippen molar-refractivity contribution < 1.29 is 28.0 Å². The van der Waals surface area contributed by atoms with Crippen LogP contribution < -0.4 is 5.56 Å². The lowest BCUT2D eigenvalue weighted by Crippen LogP contribution is -2.18. The van der Waals surface area contributed by atoms with E-state index in [1.165, 1.54) is 17.2 Å². The highest BCUT2D eigenvalue weighted by molar-refractivity contribution is 7.46. The molecular weight excluding hydrogens is 322 g/mol. The molecule has 1 aliphatic rings. The molecule has 0 radical (unpaired) electrons. The van der Waals surface area contributed by atoms with Crippen LogP contribution in [0.1, 0.15) is 12.6 Å². The molecule has 0 unspecified atom stereocenters. The predicted molar refractivity (Wildman–Crippen MR) is 69.6 cm³/mol. The van der Waals surface area contributed by atoms with Gasteiger partial charge in [0.05, 0.1) is 25.4 Å². The van der Waals surface area contributed by atoms with Crippen LogP contribution in [0, 0.1) is 0 Å². The first kappa shape index (κ1) is 15.3. The number of nitrogens with one attached hydrogen (secondary N) is 1. The Labute approximate surface area is 122 Å². The molecule has 2 aromatic heterocycles. The monoisotopic (exact) mass is 334 g/mol. The molecule has 2 aromatic rings. The van der Waals surface area contributed by atoms with Gasteiger partial charge in [-0.05, 0) is 0 Å². The van der Waals surface area contributed by atoms with E-state index in [0.29, 0.717) is 0 Å². The maximum atomic E-state index is 14.1. The van der Waals surface area contributed by atoms with Gasteiger partial charge in [-0.15, -0.1) is 0 Å². The largest absolute Gasteiger partial charge is 0.469 e. The lowest BCUT2D eigenvalue weighted by atomic mass is 10.2. The van der Waals surface area contributed by atoms with Gasteiger partial charge >= 0.3 is 7.82 Å². The molecule has 3 atom stereocenters. The third kappa shape index (κ3) is 2.94. The molecule has 22 heavy (non-hydrogen) atoms. The molecule has 3 rings (SSSR count). The number of imidazole rings is 1. The van der Waals surface area contributed by atoms with E-state index in [1.54, 1.807) is 0 Å². The van der Waals surface area contributed by atoms with E-state index in [1.807, 2.05) is 0 Å². The predicted octanol–water partition coefficient (Wildman–Crippen LogP) is -0.146. The van der Waals surface area contributed by atoms with Crippen molar-refractivity contribution in [1.29, 1.82) is 0 Å². The summed E-state index contributed by atoms with van der Waals surface area (Å²) in [5.74, 6) is 0. The van der Waals surface area contributed by atoms with Gasteiger partial charge in [0.2, 0.25) is 0 Å². The number of aromatic amines is 1. The van der Waals surface area contributed by atoms with Crippen LogP contribution in [-0.2, 0) is 13.8 Å². The van der Waals surface area contributed by atoms with E-state index < -0.39 is 38.5 Å². The molecule has 0 bridgehead atoms. The van der Waals surface area contributed by atoms with Crippen LogP contribution in [0.3, 0.4) is 0 Å². The zero-order chi connectivity index (χ0) is 15.9. The Kier molecular flexibility index (Phi) is 3.83. The molecule has 0 aromatic carbocycles.